The van der Waals surface area contributed by atoms with Gasteiger partial charge >= 0.3 is 0 Å². The molecule has 0 saturated heterocycles. The van der Waals surface area contributed by atoms with Crippen molar-refractivity contribution in [2.45, 2.75) is 13.8 Å². The highest BCUT2D eigenvalue weighted by Gasteiger charge is 2.26. The maximum Gasteiger partial charge on any atom is 0.224 e. The van der Waals surface area contributed by atoms with Crippen molar-refractivity contribution in [3.05, 3.63) is 0 Å². The van der Waals surface area contributed by atoms with E-state index in [0.717, 1.165) is 25.6 Å². The number of likely N-dealkylation sites (N-methyl/N-ethyl adjacent to an activating group) is 1. The molecule has 0 heterocycles. The molecule has 0 fully saturated rings. The third-order valence-electron chi connectivity index (χ3n) is 2.23. The summed E-state index contributed by atoms with van der Waals surface area (Å²) in [5, 5.41) is 0. The summed E-state index contributed by atoms with van der Waals surface area (Å²) in [7, 11) is -7.43. The van der Waals surface area contributed by atoms with Crippen LogP contribution in [0.1, 0.15) is 13.8 Å². The molecule has 0 N–H and O–H groups in total. The van der Waals surface area contributed by atoms with Crippen LogP contribution >= 0.6 is 0 Å². The molecule has 0 aliphatic rings. The predicted molar refractivity (Wildman–Crippen MR) is 64.2 cm³/mol. The van der Waals surface area contributed by atoms with Gasteiger partial charge in [-0.15, -0.1) is 0 Å². The molecule has 8 heteroatoms. The zero-order valence-electron chi connectivity index (χ0n) is 10.2. The molecule has 0 unspecified atom stereocenters. The SMILES string of the molecule is CCN(CC)CCN(S(C)(=O)=O)S(C)(=O)=O. The van der Waals surface area contributed by atoms with Crippen molar-refractivity contribution in [2.75, 3.05) is 38.7 Å². The molecule has 0 saturated carbocycles. The highest BCUT2D eigenvalue weighted by atomic mass is 32.3. The Hall–Kier alpha value is -0.180. The molecule has 0 amide bonds. The Kier molecular flexibility index (Phi) is 5.88. The summed E-state index contributed by atoms with van der Waals surface area (Å²) in [6.45, 7) is 5.78. The Bertz CT molecular complexity index is 366. The Balaban J connectivity index is 4.74. The van der Waals surface area contributed by atoms with E-state index in [0.29, 0.717) is 10.3 Å². The van der Waals surface area contributed by atoms with Crippen LogP contribution in [0.25, 0.3) is 0 Å². The molecule has 0 atom stereocenters. The number of rotatable bonds is 7. The van der Waals surface area contributed by atoms with Gasteiger partial charge in [-0.05, 0) is 13.1 Å². The van der Waals surface area contributed by atoms with Gasteiger partial charge in [-0.25, -0.2) is 16.8 Å². The van der Waals surface area contributed by atoms with E-state index >= 15 is 0 Å². The third kappa shape index (κ3) is 5.24. The molecule has 0 aromatic heterocycles. The molecule has 6 nitrogen and oxygen atoms in total. The van der Waals surface area contributed by atoms with E-state index in [9.17, 15) is 16.8 Å². The second kappa shape index (κ2) is 5.95. The zero-order chi connectivity index (χ0) is 13.0. The van der Waals surface area contributed by atoms with Gasteiger partial charge in [0.1, 0.15) is 0 Å². The van der Waals surface area contributed by atoms with Gasteiger partial charge in [0, 0.05) is 13.1 Å². The number of sulfonamides is 2. The molecule has 0 aliphatic heterocycles. The van der Waals surface area contributed by atoms with E-state index in [1.54, 1.807) is 0 Å². The molecule has 0 spiro atoms. The van der Waals surface area contributed by atoms with Crippen LogP contribution in [0.5, 0.6) is 0 Å². The van der Waals surface area contributed by atoms with Crippen molar-refractivity contribution in [1.82, 2.24) is 8.61 Å². The summed E-state index contributed by atoms with van der Waals surface area (Å²) in [5.41, 5.74) is 0. The van der Waals surface area contributed by atoms with E-state index in [2.05, 4.69) is 0 Å². The topological polar surface area (TPSA) is 74.8 Å². The summed E-state index contributed by atoms with van der Waals surface area (Å²) >= 11 is 0. The summed E-state index contributed by atoms with van der Waals surface area (Å²) in [6.07, 6.45) is 1.80. The molecule has 0 aliphatic carbocycles. The van der Waals surface area contributed by atoms with Crippen molar-refractivity contribution in [3.63, 3.8) is 0 Å². The lowest BCUT2D eigenvalue weighted by atomic mass is 10.5. The lowest BCUT2D eigenvalue weighted by Gasteiger charge is -2.22. The van der Waals surface area contributed by atoms with Gasteiger partial charge in [-0.2, -0.15) is 0 Å². The minimum Gasteiger partial charge on any atom is -0.303 e. The van der Waals surface area contributed by atoms with Crippen molar-refractivity contribution in [3.8, 4) is 0 Å². The summed E-state index contributed by atoms with van der Waals surface area (Å²) in [5.74, 6) is 0. The molecule has 98 valence electrons. The minimum atomic E-state index is -3.72. The molecule has 0 bridgehead atoms. The normalized spacial score (nSPS) is 13.6. The second-order valence-electron chi connectivity index (χ2n) is 3.55. The van der Waals surface area contributed by atoms with E-state index in [1.165, 1.54) is 0 Å². The Morgan fingerprint density at radius 3 is 1.44 bits per heavy atom. The van der Waals surface area contributed by atoms with Crippen molar-refractivity contribution in [2.24, 2.45) is 0 Å². The van der Waals surface area contributed by atoms with Crippen LogP contribution in [0.3, 0.4) is 0 Å². The Labute approximate surface area is 98.3 Å². The highest BCUT2D eigenvalue weighted by molar-refractivity contribution is 8.03. The van der Waals surface area contributed by atoms with Crippen LogP contribution in [0.2, 0.25) is 0 Å². The fourth-order valence-corrected chi connectivity index (χ4v) is 4.13. The van der Waals surface area contributed by atoms with Gasteiger partial charge in [-0.3, -0.25) is 0 Å². The van der Waals surface area contributed by atoms with Crippen molar-refractivity contribution < 1.29 is 16.8 Å². The maximum atomic E-state index is 11.3. The quantitative estimate of drug-likeness (QED) is 0.627. The molecule has 0 radical (unpaired) electrons. The monoisotopic (exact) mass is 272 g/mol. The van der Waals surface area contributed by atoms with Crippen molar-refractivity contribution >= 4 is 20.0 Å². The maximum absolute atomic E-state index is 11.3. The second-order valence-corrected chi connectivity index (χ2v) is 7.59. The van der Waals surface area contributed by atoms with E-state index in [4.69, 9.17) is 0 Å². The van der Waals surface area contributed by atoms with Crippen LogP contribution in [0.4, 0.5) is 0 Å². The zero-order valence-corrected chi connectivity index (χ0v) is 11.8. The van der Waals surface area contributed by atoms with E-state index < -0.39 is 20.0 Å². The lowest BCUT2D eigenvalue weighted by Crippen LogP contribution is -2.41. The summed E-state index contributed by atoms with van der Waals surface area (Å²) < 4.78 is 45.7. The number of nitrogens with zero attached hydrogens (tertiary/aromatic N) is 2. The fourth-order valence-electron chi connectivity index (χ4n) is 1.34. The average molecular weight is 272 g/mol. The standard InChI is InChI=1S/C8H20N2O4S2/c1-5-9(6-2)7-8-10(15(3,11)12)16(4,13)14/h5-8H2,1-4H3. The van der Waals surface area contributed by atoms with Gasteiger partial charge in [0.15, 0.2) is 0 Å². The van der Waals surface area contributed by atoms with Crippen LogP contribution in [-0.2, 0) is 20.0 Å². The van der Waals surface area contributed by atoms with E-state index in [1.807, 2.05) is 18.7 Å². The van der Waals surface area contributed by atoms with Crippen LogP contribution in [0.15, 0.2) is 0 Å². The minimum absolute atomic E-state index is 0.0284. The van der Waals surface area contributed by atoms with Crippen molar-refractivity contribution in [1.29, 1.82) is 0 Å². The molecule has 16 heavy (non-hydrogen) atoms. The first-order valence-electron chi connectivity index (χ1n) is 5.03. The first-order valence-corrected chi connectivity index (χ1v) is 8.72. The molecule has 0 rings (SSSR count). The third-order valence-corrected chi connectivity index (χ3v) is 5.70. The van der Waals surface area contributed by atoms with Gasteiger partial charge in [0.05, 0.1) is 12.5 Å². The molecule has 0 aromatic rings. The van der Waals surface area contributed by atoms with Crippen LogP contribution in [0, 0.1) is 0 Å². The first-order chi connectivity index (χ1) is 7.12. The largest absolute Gasteiger partial charge is 0.303 e. The predicted octanol–water partition coefficient (Wildman–Crippen LogP) is -0.451. The van der Waals surface area contributed by atoms with Crippen LogP contribution in [-0.4, -0.2) is 64.1 Å². The Morgan fingerprint density at radius 2 is 1.19 bits per heavy atom. The lowest BCUT2D eigenvalue weighted by molar-refractivity contribution is 0.294. The Morgan fingerprint density at radius 1 is 0.812 bits per heavy atom. The summed E-state index contributed by atoms with van der Waals surface area (Å²) in [6, 6.07) is 0. The highest BCUT2D eigenvalue weighted by Crippen LogP contribution is 2.05. The smallest absolute Gasteiger partial charge is 0.224 e. The molecular formula is C8H20N2O4S2. The van der Waals surface area contributed by atoms with Crippen LogP contribution < -0.4 is 0 Å². The first kappa shape index (κ1) is 15.8. The molecule has 0 aromatic carbocycles. The molecular weight excluding hydrogens is 252 g/mol. The average Bonchev–Trinajstić information content (AvgIpc) is 2.08. The van der Waals surface area contributed by atoms with E-state index in [-0.39, 0.29) is 6.54 Å². The van der Waals surface area contributed by atoms with Gasteiger partial charge in [-0.1, -0.05) is 17.6 Å². The van der Waals surface area contributed by atoms with Gasteiger partial charge in [0.2, 0.25) is 20.0 Å². The van der Waals surface area contributed by atoms with Gasteiger partial charge < -0.3 is 4.90 Å². The number of hydrogen-bond acceptors (Lipinski definition) is 5. The van der Waals surface area contributed by atoms with Gasteiger partial charge in [0.25, 0.3) is 0 Å². The summed E-state index contributed by atoms with van der Waals surface area (Å²) in [4.78, 5) is 1.96. The number of hydrogen-bond donors (Lipinski definition) is 0. The fraction of sp³-hybridized carbons (Fsp3) is 1.00.